The van der Waals surface area contributed by atoms with E-state index in [-0.39, 0.29) is 29.6 Å². The van der Waals surface area contributed by atoms with Gasteiger partial charge >= 0.3 is 6.03 Å². The summed E-state index contributed by atoms with van der Waals surface area (Å²) in [5, 5.41) is 19.0. The van der Waals surface area contributed by atoms with Gasteiger partial charge in [-0.15, -0.1) is 0 Å². The van der Waals surface area contributed by atoms with Crippen LogP contribution in [0, 0.1) is 5.41 Å². The topological polar surface area (TPSA) is 82.6 Å². The SMILES string of the molecule is CC(C)NC(=O)NC[C@H]1OC[C@@H](NCC(C)(C)C)[C@@H]1O. The molecule has 3 atom stereocenters. The maximum absolute atomic E-state index is 11.5. The summed E-state index contributed by atoms with van der Waals surface area (Å²) in [6.07, 6.45) is -0.956. The molecule has 0 aliphatic carbocycles. The predicted molar refractivity (Wildman–Crippen MR) is 78.7 cm³/mol. The lowest BCUT2D eigenvalue weighted by Crippen LogP contribution is -2.48. The average Bonchev–Trinajstić information content (AvgIpc) is 2.63. The molecule has 4 N–H and O–H groups in total. The standard InChI is InChI=1S/C14H29N3O3/c1-9(2)17-13(19)15-6-11-12(18)10(7-20-11)16-8-14(3,4)5/h9-12,16,18H,6-8H2,1-5H3,(H2,15,17,19)/t10-,11-,12+/m1/s1. The largest absolute Gasteiger partial charge is 0.389 e. The third-order valence-electron chi connectivity index (χ3n) is 3.06. The minimum absolute atomic E-state index is 0.0748. The lowest BCUT2D eigenvalue weighted by Gasteiger charge is -2.24. The average molecular weight is 287 g/mol. The molecule has 1 saturated heterocycles. The number of ether oxygens (including phenoxy) is 1. The molecule has 0 saturated carbocycles. The van der Waals surface area contributed by atoms with Crippen LogP contribution < -0.4 is 16.0 Å². The van der Waals surface area contributed by atoms with Crippen molar-refractivity contribution in [1.82, 2.24) is 16.0 Å². The summed E-state index contributed by atoms with van der Waals surface area (Å²) >= 11 is 0. The number of aliphatic hydroxyl groups is 1. The van der Waals surface area contributed by atoms with E-state index in [9.17, 15) is 9.90 Å². The molecular formula is C14H29N3O3. The number of urea groups is 1. The van der Waals surface area contributed by atoms with Crippen molar-refractivity contribution in [2.24, 2.45) is 5.41 Å². The van der Waals surface area contributed by atoms with Gasteiger partial charge in [-0.25, -0.2) is 4.79 Å². The highest BCUT2D eigenvalue weighted by molar-refractivity contribution is 5.74. The Morgan fingerprint density at radius 3 is 2.60 bits per heavy atom. The van der Waals surface area contributed by atoms with Crippen LogP contribution in [0.2, 0.25) is 0 Å². The normalized spacial score (nSPS) is 26.9. The number of carbonyl (C=O) groups is 1. The van der Waals surface area contributed by atoms with Crippen molar-refractivity contribution in [3.8, 4) is 0 Å². The maximum atomic E-state index is 11.5. The lowest BCUT2D eigenvalue weighted by molar-refractivity contribution is 0.0423. The predicted octanol–water partition coefficient (Wildman–Crippen LogP) is 0.458. The number of hydrogen-bond acceptors (Lipinski definition) is 4. The van der Waals surface area contributed by atoms with E-state index in [0.717, 1.165) is 6.54 Å². The molecule has 2 amide bonds. The molecule has 0 radical (unpaired) electrons. The summed E-state index contributed by atoms with van der Waals surface area (Å²) in [5.74, 6) is 0. The van der Waals surface area contributed by atoms with E-state index in [1.807, 2.05) is 13.8 Å². The van der Waals surface area contributed by atoms with Gasteiger partial charge in [-0.3, -0.25) is 0 Å². The first-order valence-electron chi connectivity index (χ1n) is 7.26. The van der Waals surface area contributed by atoms with E-state index in [0.29, 0.717) is 13.2 Å². The summed E-state index contributed by atoms with van der Waals surface area (Å²) in [5.41, 5.74) is 0.160. The van der Waals surface area contributed by atoms with Crippen LogP contribution in [-0.4, -0.2) is 55.1 Å². The van der Waals surface area contributed by atoms with Crippen LogP contribution in [-0.2, 0) is 4.74 Å². The second-order valence-electron chi connectivity index (χ2n) is 6.92. The fraction of sp³-hybridized carbons (Fsp3) is 0.929. The number of nitrogens with one attached hydrogen (secondary N) is 3. The van der Waals surface area contributed by atoms with E-state index in [1.165, 1.54) is 0 Å². The summed E-state index contributed by atoms with van der Waals surface area (Å²) in [6, 6.07) is -0.221. The molecule has 118 valence electrons. The number of rotatable bonds is 5. The van der Waals surface area contributed by atoms with Crippen LogP contribution in [0.3, 0.4) is 0 Å². The highest BCUT2D eigenvalue weighted by Gasteiger charge is 2.36. The van der Waals surface area contributed by atoms with Gasteiger partial charge in [-0.1, -0.05) is 20.8 Å². The zero-order valence-corrected chi connectivity index (χ0v) is 13.2. The molecule has 6 heteroatoms. The van der Waals surface area contributed by atoms with Crippen molar-refractivity contribution < 1.29 is 14.6 Å². The number of aliphatic hydroxyl groups excluding tert-OH is 1. The Kier molecular flexibility index (Phi) is 6.23. The zero-order chi connectivity index (χ0) is 15.3. The van der Waals surface area contributed by atoms with E-state index in [2.05, 4.69) is 36.7 Å². The van der Waals surface area contributed by atoms with E-state index in [4.69, 9.17) is 4.74 Å². The molecule has 0 aromatic rings. The molecule has 1 aliphatic rings. The third kappa shape index (κ3) is 6.07. The van der Waals surface area contributed by atoms with Crippen LogP contribution >= 0.6 is 0 Å². The van der Waals surface area contributed by atoms with Gasteiger partial charge in [0.25, 0.3) is 0 Å². The van der Waals surface area contributed by atoms with Crippen LogP contribution in [0.15, 0.2) is 0 Å². The van der Waals surface area contributed by atoms with E-state index in [1.54, 1.807) is 0 Å². The smallest absolute Gasteiger partial charge is 0.315 e. The van der Waals surface area contributed by atoms with Gasteiger partial charge in [-0.05, 0) is 19.3 Å². The molecule has 1 fully saturated rings. The molecule has 20 heavy (non-hydrogen) atoms. The fourth-order valence-corrected chi connectivity index (χ4v) is 1.99. The van der Waals surface area contributed by atoms with Gasteiger partial charge in [0.2, 0.25) is 0 Å². The molecular weight excluding hydrogens is 258 g/mol. The Labute approximate surface area is 121 Å². The van der Waals surface area contributed by atoms with Crippen molar-refractivity contribution in [3.05, 3.63) is 0 Å². The first-order chi connectivity index (χ1) is 9.19. The molecule has 0 spiro atoms. The van der Waals surface area contributed by atoms with Crippen molar-refractivity contribution >= 4 is 6.03 Å². The molecule has 6 nitrogen and oxygen atoms in total. The molecule has 1 rings (SSSR count). The second kappa shape index (κ2) is 7.24. The molecule has 0 aromatic heterocycles. The number of hydrogen-bond donors (Lipinski definition) is 4. The van der Waals surface area contributed by atoms with Gasteiger partial charge in [0.1, 0.15) is 6.10 Å². The fourth-order valence-electron chi connectivity index (χ4n) is 1.99. The zero-order valence-electron chi connectivity index (χ0n) is 13.2. The highest BCUT2D eigenvalue weighted by Crippen LogP contribution is 2.16. The maximum Gasteiger partial charge on any atom is 0.315 e. The molecule has 0 bridgehead atoms. The van der Waals surface area contributed by atoms with Gasteiger partial charge in [0.15, 0.2) is 0 Å². The van der Waals surface area contributed by atoms with Crippen LogP contribution in [0.4, 0.5) is 4.79 Å². The molecule has 1 aliphatic heterocycles. The summed E-state index contributed by atoms with van der Waals surface area (Å²) < 4.78 is 5.54. The van der Waals surface area contributed by atoms with E-state index >= 15 is 0 Å². The van der Waals surface area contributed by atoms with Crippen molar-refractivity contribution in [3.63, 3.8) is 0 Å². The second-order valence-corrected chi connectivity index (χ2v) is 6.92. The molecule has 1 heterocycles. The summed E-state index contributed by atoms with van der Waals surface area (Å²) in [6.45, 7) is 11.8. The Morgan fingerprint density at radius 2 is 2.05 bits per heavy atom. The molecule has 0 unspecified atom stereocenters. The van der Waals surface area contributed by atoms with E-state index < -0.39 is 6.10 Å². The minimum Gasteiger partial charge on any atom is -0.389 e. The van der Waals surface area contributed by atoms with Crippen molar-refractivity contribution in [1.29, 1.82) is 0 Å². The quantitative estimate of drug-likeness (QED) is 0.592. The molecule has 0 aromatic carbocycles. The Balaban J connectivity index is 2.31. The number of carbonyl (C=O) groups excluding carboxylic acids is 1. The Morgan fingerprint density at radius 1 is 1.40 bits per heavy atom. The Hall–Kier alpha value is -0.850. The van der Waals surface area contributed by atoms with Crippen molar-refractivity contribution in [2.45, 2.75) is 58.9 Å². The Bertz CT molecular complexity index is 315. The van der Waals surface area contributed by atoms with Crippen LogP contribution in [0.25, 0.3) is 0 Å². The van der Waals surface area contributed by atoms with Gasteiger partial charge in [-0.2, -0.15) is 0 Å². The van der Waals surface area contributed by atoms with Crippen molar-refractivity contribution in [2.75, 3.05) is 19.7 Å². The highest BCUT2D eigenvalue weighted by atomic mass is 16.5. The first-order valence-corrected chi connectivity index (χ1v) is 7.26. The number of amides is 2. The first kappa shape index (κ1) is 17.2. The summed E-state index contributed by atoms with van der Waals surface area (Å²) in [4.78, 5) is 11.5. The monoisotopic (exact) mass is 287 g/mol. The van der Waals surface area contributed by atoms with Gasteiger partial charge in [0, 0.05) is 19.1 Å². The summed E-state index contributed by atoms with van der Waals surface area (Å²) in [7, 11) is 0. The minimum atomic E-state index is -0.600. The van der Waals surface area contributed by atoms with Gasteiger partial charge in [0.05, 0.1) is 18.8 Å². The van der Waals surface area contributed by atoms with Crippen LogP contribution in [0.5, 0.6) is 0 Å². The van der Waals surface area contributed by atoms with Crippen LogP contribution in [0.1, 0.15) is 34.6 Å². The lowest BCUT2D eigenvalue weighted by atomic mass is 9.96. The van der Waals surface area contributed by atoms with Gasteiger partial charge < -0.3 is 25.8 Å². The third-order valence-corrected chi connectivity index (χ3v) is 3.06.